The van der Waals surface area contributed by atoms with Gasteiger partial charge in [0.1, 0.15) is 18.6 Å². The number of thiol groups is 1. The summed E-state index contributed by atoms with van der Waals surface area (Å²) < 4.78 is 34.1. The molecule has 2 atom stereocenters. The Labute approximate surface area is 166 Å². The molecule has 0 spiro atoms. The van der Waals surface area contributed by atoms with Crippen molar-refractivity contribution in [3.63, 3.8) is 0 Å². The van der Waals surface area contributed by atoms with Crippen LogP contribution in [0.4, 0.5) is 0 Å². The van der Waals surface area contributed by atoms with E-state index >= 15 is 0 Å². The molecule has 2 amide bonds. The van der Waals surface area contributed by atoms with E-state index in [1.54, 1.807) is 0 Å². The van der Waals surface area contributed by atoms with Crippen LogP contribution in [0.25, 0.3) is 0 Å². The predicted octanol–water partition coefficient (Wildman–Crippen LogP) is -3.55. The summed E-state index contributed by atoms with van der Waals surface area (Å²) in [6.45, 7) is -0.567. The molecule has 26 heavy (non-hydrogen) atoms. The molecule has 146 valence electrons. The molecule has 16 heteroatoms. The number of aliphatic carboxylic acids is 2. The zero-order valence-electron chi connectivity index (χ0n) is 13.3. The largest absolute Gasteiger partial charge is 2.00 e. The summed E-state index contributed by atoms with van der Waals surface area (Å²) in [5.41, 5.74) is 5.23. The Bertz CT molecular complexity index is 578. The number of rotatable bonds is 9. The maximum atomic E-state index is 11.5. The van der Waals surface area contributed by atoms with Gasteiger partial charge in [0.25, 0.3) is 0 Å². The molecule has 0 aromatic carbocycles. The van der Waals surface area contributed by atoms with Crippen LogP contribution in [0, 0.1) is 0 Å². The molecule has 13 nitrogen and oxygen atoms in total. The standard InChI is InChI=1S/C10H17N3O6S.H2O4S.Zn/c11-5(10(18)19)1-2-7(14)13-6(4-20)9(17)12-3-8(15)16;1-5(2,3)4;/h5-6,20H,1-4,11H2,(H,12,17)(H,13,14)(H,15,16)(H,18,19);(H2,1,2,3,4);/q;;+2/p-2. The van der Waals surface area contributed by atoms with E-state index in [0.717, 1.165) is 0 Å². The fourth-order valence-corrected chi connectivity index (χ4v) is 1.41. The normalized spacial score (nSPS) is 12.3. The Kier molecular flexibility index (Phi) is 16.8. The van der Waals surface area contributed by atoms with Gasteiger partial charge >= 0.3 is 31.4 Å². The number of carboxylic acids is 2. The predicted molar refractivity (Wildman–Crippen MR) is 81.7 cm³/mol. The van der Waals surface area contributed by atoms with Gasteiger partial charge in [-0.1, -0.05) is 0 Å². The van der Waals surface area contributed by atoms with Crippen LogP contribution in [0.3, 0.4) is 0 Å². The van der Waals surface area contributed by atoms with Crippen molar-refractivity contribution in [2.75, 3.05) is 12.3 Å². The third-order valence-electron chi connectivity index (χ3n) is 2.25. The summed E-state index contributed by atoms with van der Waals surface area (Å²) in [6.07, 6.45) is -0.235. The molecule has 0 aromatic rings. The molecule has 0 aliphatic carbocycles. The Morgan fingerprint density at radius 3 is 1.96 bits per heavy atom. The Morgan fingerprint density at radius 1 is 1.15 bits per heavy atom. The van der Waals surface area contributed by atoms with Crippen LogP contribution < -0.4 is 16.4 Å². The number of carbonyl (C=O) groups is 4. The molecule has 0 aromatic heterocycles. The zero-order chi connectivity index (χ0) is 20.2. The number of amides is 2. The number of carbonyl (C=O) groups excluding carboxylic acids is 2. The molecule has 0 heterocycles. The fraction of sp³-hybridized carbons (Fsp3) is 0.600. The van der Waals surface area contributed by atoms with Crippen LogP contribution in [0.5, 0.6) is 0 Å². The smallest absolute Gasteiger partial charge is 0.759 e. The summed E-state index contributed by atoms with van der Waals surface area (Å²) in [5, 5.41) is 21.4. The quantitative estimate of drug-likeness (QED) is 0.0837. The first-order chi connectivity index (χ1) is 11.3. The Balaban J connectivity index is -0.000000772. The van der Waals surface area contributed by atoms with Crippen LogP contribution >= 0.6 is 12.6 Å². The summed E-state index contributed by atoms with van der Waals surface area (Å²) in [6, 6.07) is -2.15. The van der Waals surface area contributed by atoms with Crippen LogP contribution in [-0.2, 0) is 49.1 Å². The van der Waals surface area contributed by atoms with Crippen molar-refractivity contribution in [3.8, 4) is 0 Å². The van der Waals surface area contributed by atoms with Gasteiger partial charge in [0.05, 0.1) is 0 Å². The van der Waals surface area contributed by atoms with E-state index in [0.29, 0.717) is 0 Å². The van der Waals surface area contributed by atoms with Crippen molar-refractivity contribution < 1.29 is 66.4 Å². The number of nitrogens with two attached hydrogens (primary N) is 1. The molecule has 0 aliphatic rings. The minimum atomic E-state index is -5.17. The van der Waals surface area contributed by atoms with E-state index < -0.39 is 52.8 Å². The van der Waals surface area contributed by atoms with Crippen molar-refractivity contribution in [1.29, 1.82) is 0 Å². The second-order valence-corrected chi connectivity index (χ2v) is 5.49. The molecule has 0 bridgehead atoms. The SMILES string of the molecule is NC(CCC(=O)NC(CS)C(=O)NCC(=O)O)C(=O)O.O=S(=O)([O-])[O-].[Zn+2]. The molecule has 0 radical (unpaired) electrons. The molecule has 0 aliphatic heterocycles. The van der Waals surface area contributed by atoms with E-state index in [1.807, 2.05) is 0 Å². The maximum Gasteiger partial charge on any atom is 2.00 e. The third kappa shape index (κ3) is 20.7. The monoisotopic (exact) mass is 467 g/mol. The topological polar surface area (TPSA) is 239 Å². The summed E-state index contributed by atoms with van der Waals surface area (Å²) in [5.74, 6) is -3.70. The first kappa shape index (κ1) is 29.4. The van der Waals surface area contributed by atoms with Gasteiger partial charge in [0.2, 0.25) is 11.8 Å². The van der Waals surface area contributed by atoms with E-state index in [9.17, 15) is 19.2 Å². The second-order valence-electron chi connectivity index (χ2n) is 4.31. The minimum absolute atomic E-state index is 0. The van der Waals surface area contributed by atoms with Gasteiger partial charge in [-0.15, -0.1) is 0 Å². The first-order valence-corrected chi connectivity index (χ1v) is 8.29. The van der Waals surface area contributed by atoms with Crippen molar-refractivity contribution in [2.24, 2.45) is 5.73 Å². The summed E-state index contributed by atoms with van der Waals surface area (Å²) in [7, 11) is -5.17. The van der Waals surface area contributed by atoms with Crippen molar-refractivity contribution in [1.82, 2.24) is 10.6 Å². The Morgan fingerprint density at radius 2 is 1.62 bits per heavy atom. The van der Waals surface area contributed by atoms with E-state index in [-0.39, 0.29) is 38.1 Å². The molecule has 0 saturated carbocycles. The average molecular weight is 469 g/mol. The third-order valence-corrected chi connectivity index (χ3v) is 2.61. The van der Waals surface area contributed by atoms with Gasteiger partial charge in [-0.05, 0) is 6.42 Å². The van der Waals surface area contributed by atoms with E-state index in [2.05, 4.69) is 23.3 Å². The number of nitrogens with one attached hydrogen (secondary N) is 2. The van der Waals surface area contributed by atoms with Gasteiger partial charge in [0.15, 0.2) is 0 Å². The van der Waals surface area contributed by atoms with Crippen molar-refractivity contribution >= 4 is 46.8 Å². The number of hydrogen-bond acceptors (Lipinski definition) is 10. The van der Waals surface area contributed by atoms with Crippen molar-refractivity contribution in [3.05, 3.63) is 0 Å². The molecular weight excluding hydrogens is 452 g/mol. The minimum Gasteiger partial charge on any atom is -0.759 e. The van der Waals surface area contributed by atoms with Crippen LogP contribution in [0.15, 0.2) is 0 Å². The van der Waals surface area contributed by atoms with Crippen LogP contribution in [0.2, 0.25) is 0 Å². The molecule has 2 unspecified atom stereocenters. The van der Waals surface area contributed by atoms with Gasteiger partial charge in [-0.2, -0.15) is 12.6 Å². The fourth-order valence-electron chi connectivity index (χ4n) is 1.16. The molecule has 0 saturated heterocycles. The van der Waals surface area contributed by atoms with Gasteiger partial charge in [-0.25, -0.2) is 0 Å². The number of hydrogen-bond donors (Lipinski definition) is 6. The average Bonchev–Trinajstić information content (AvgIpc) is 2.45. The molecule has 0 fully saturated rings. The van der Waals surface area contributed by atoms with Gasteiger partial charge in [-0.3, -0.25) is 27.6 Å². The second kappa shape index (κ2) is 14.8. The Hall–Kier alpha value is -1.32. The van der Waals surface area contributed by atoms with E-state index in [1.165, 1.54) is 0 Å². The van der Waals surface area contributed by atoms with Gasteiger partial charge < -0.3 is 35.7 Å². The summed E-state index contributed by atoms with van der Waals surface area (Å²) in [4.78, 5) is 43.7. The van der Waals surface area contributed by atoms with Crippen molar-refractivity contribution in [2.45, 2.75) is 24.9 Å². The first-order valence-electron chi connectivity index (χ1n) is 6.32. The molecule has 6 N–H and O–H groups in total. The summed E-state index contributed by atoms with van der Waals surface area (Å²) >= 11 is 3.87. The van der Waals surface area contributed by atoms with E-state index in [4.69, 9.17) is 33.5 Å². The zero-order valence-corrected chi connectivity index (χ0v) is 18.0. The van der Waals surface area contributed by atoms with Gasteiger partial charge in [0, 0.05) is 22.6 Å². The molecular formula is C10H17N3O10S2Zn. The maximum absolute atomic E-state index is 11.5. The van der Waals surface area contributed by atoms with Crippen LogP contribution in [-0.4, -0.2) is 75.9 Å². The van der Waals surface area contributed by atoms with Crippen LogP contribution in [0.1, 0.15) is 12.8 Å². The number of carboxylic acid groups (broad SMARTS) is 2. The molecule has 0 rings (SSSR count).